The molecule has 19 heavy (non-hydrogen) atoms. The van der Waals surface area contributed by atoms with Gasteiger partial charge in [0.05, 0.1) is 11.7 Å². The summed E-state index contributed by atoms with van der Waals surface area (Å²) < 4.78 is 1.59. The summed E-state index contributed by atoms with van der Waals surface area (Å²) in [6, 6.07) is 4.77. The molecule has 0 radical (unpaired) electrons. The Morgan fingerprint density at radius 3 is 2.79 bits per heavy atom. The van der Waals surface area contributed by atoms with Gasteiger partial charge in [-0.05, 0) is 24.1 Å². The molecule has 0 fully saturated rings. The number of nitrogens with two attached hydrogens (primary N) is 1. The molecule has 2 rings (SSSR count). The summed E-state index contributed by atoms with van der Waals surface area (Å²) in [5.74, 6) is 0.415. The highest BCUT2D eigenvalue weighted by Gasteiger charge is 2.18. The zero-order chi connectivity index (χ0) is 13.8. The first-order chi connectivity index (χ1) is 9.09. The third kappa shape index (κ3) is 2.97. The van der Waals surface area contributed by atoms with Gasteiger partial charge in [0.25, 0.3) is 0 Å². The number of pyridine rings is 1. The van der Waals surface area contributed by atoms with Crippen LogP contribution in [0.1, 0.15) is 13.8 Å². The number of amides is 1. The van der Waals surface area contributed by atoms with Crippen molar-refractivity contribution in [1.82, 2.24) is 14.8 Å². The second kappa shape index (κ2) is 5.62. The Morgan fingerprint density at radius 1 is 1.37 bits per heavy atom. The smallest absolute Gasteiger partial charge is 0.241 e. The summed E-state index contributed by atoms with van der Waals surface area (Å²) in [5.41, 5.74) is 6.41. The lowest BCUT2D eigenvalue weighted by Crippen LogP contribution is -2.40. The van der Waals surface area contributed by atoms with Crippen LogP contribution in [0.5, 0.6) is 0 Å². The number of carbonyl (C=O) groups excluding carboxylic acids is 1. The fourth-order valence-corrected chi connectivity index (χ4v) is 1.59. The number of hydrogen-bond donors (Lipinski definition) is 2. The number of nitrogens with one attached hydrogen (secondary N) is 1. The van der Waals surface area contributed by atoms with Gasteiger partial charge in [-0.2, -0.15) is 5.10 Å². The van der Waals surface area contributed by atoms with Crippen LogP contribution < -0.4 is 11.1 Å². The molecule has 0 bridgehead atoms. The van der Waals surface area contributed by atoms with E-state index in [-0.39, 0.29) is 11.8 Å². The largest absolute Gasteiger partial charge is 0.322 e. The standard InChI is InChI=1S/C13H17N5O/c1-9(2)11(14)13(19)17-10-5-3-6-15-12(10)18-8-4-7-16-18/h3-9,11H,14H2,1-2H3,(H,17,19). The van der Waals surface area contributed by atoms with Crippen molar-refractivity contribution in [2.45, 2.75) is 19.9 Å². The zero-order valence-electron chi connectivity index (χ0n) is 10.9. The van der Waals surface area contributed by atoms with Crippen molar-refractivity contribution >= 4 is 11.6 Å². The van der Waals surface area contributed by atoms with Crippen LogP contribution in [-0.4, -0.2) is 26.7 Å². The summed E-state index contributed by atoms with van der Waals surface area (Å²) in [7, 11) is 0. The fourth-order valence-electron chi connectivity index (χ4n) is 1.59. The summed E-state index contributed by atoms with van der Waals surface area (Å²) >= 11 is 0. The van der Waals surface area contributed by atoms with Crippen LogP contribution in [0.2, 0.25) is 0 Å². The van der Waals surface area contributed by atoms with E-state index in [9.17, 15) is 4.79 Å². The number of carbonyl (C=O) groups is 1. The van der Waals surface area contributed by atoms with E-state index < -0.39 is 6.04 Å². The van der Waals surface area contributed by atoms with Crippen molar-refractivity contribution < 1.29 is 4.79 Å². The molecule has 0 aliphatic rings. The number of rotatable bonds is 4. The van der Waals surface area contributed by atoms with Crippen LogP contribution in [0.25, 0.3) is 5.82 Å². The molecular formula is C13H17N5O. The number of nitrogens with zero attached hydrogens (tertiary/aromatic N) is 3. The fraction of sp³-hybridized carbons (Fsp3) is 0.308. The summed E-state index contributed by atoms with van der Waals surface area (Å²) in [5, 5.41) is 6.90. The maximum absolute atomic E-state index is 12.0. The van der Waals surface area contributed by atoms with E-state index in [1.54, 1.807) is 41.5 Å². The highest BCUT2D eigenvalue weighted by atomic mass is 16.2. The van der Waals surface area contributed by atoms with Crippen molar-refractivity contribution in [2.75, 3.05) is 5.32 Å². The van der Waals surface area contributed by atoms with Crippen LogP contribution in [-0.2, 0) is 4.79 Å². The van der Waals surface area contributed by atoms with Gasteiger partial charge in [0, 0.05) is 18.6 Å². The first-order valence-electron chi connectivity index (χ1n) is 6.11. The molecule has 0 aliphatic carbocycles. The molecule has 2 heterocycles. The monoisotopic (exact) mass is 259 g/mol. The average Bonchev–Trinajstić information content (AvgIpc) is 2.92. The molecule has 6 heteroatoms. The molecule has 3 N–H and O–H groups in total. The van der Waals surface area contributed by atoms with E-state index in [1.807, 2.05) is 13.8 Å². The lowest BCUT2D eigenvalue weighted by atomic mass is 10.1. The number of anilines is 1. The van der Waals surface area contributed by atoms with Gasteiger partial charge < -0.3 is 11.1 Å². The topological polar surface area (TPSA) is 85.8 Å². The Labute approximate surface area is 111 Å². The Morgan fingerprint density at radius 2 is 2.16 bits per heavy atom. The van der Waals surface area contributed by atoms with Gasteiger partial charge in [0.1, 0.15) is 0 Å². The third-order valence-corrected chi connectivity index (χ3v) is 2.79. The van der Waals surface area contributed by atoms with E-state index in [4.69, 9.17) is 5.73 Å². The van der Waals surface area contributed by atoms with Gasteiger partial charge in [-0.3, -0.25) is 4.79 Å². The van der Waals surface area contributed by atoms with Crippen LogP contribution in [0, 0.1) is 5.92 Å². The zero-order valence-corrected chi connectivity index (χ0v) is 10.9. The molecule has 1 amide bonds. The Balaban J connectivity index is 2.24. The summed E-state index contributed by atoms with van der Waals surface area (Å²) in [4.78, 5) is 16.2. The number of hydrogen-bond acceptors (Lipinski definition) is 4. The molecule has 1 atom stereocenters. The molecule has 0 aliphatic heterocycles. The van der Waals surface area contributed by atoms with Crippen LogP contribution in [0.15, 0.2) is 36.8 Å². The van der Waals surface area contributed by atoms with Crippen LogP contribution in [0.4, 0.5) is 5.69 Å². The van der Waals surface area contributed by atoms with E-state index in [2.05, 4.69) is 15.4 Å². The molecule has 1 unspecified atom stereocenters. The molecule has 0 saturated carbocycles. The Bertz CT molecular complexity index is 550. The second-order valence-corrected chi connectivity index (χ2v) is 4.58. The molecule has 6 nitrogen and oxygen atoms in total. The molecular weight excluding hydrogens is 242 g/mol. The van der Waals surface area contributed by atoms with Crippen LogP contribution in [0.3, 0.4) is 0 Å². The SMILES string of the molecule is CC(C)C(N)C(=O)Nc1cccnc1-n1cccn1. The van der Waals surface area contributed by atoms with Gasteiger partial charge in [0.2, 0.25) is 5.91 Å². The van der Waals surface area contributed by atoms with Crippen molar-refractivity contribution in [3.05, 3.63) is 36.8 Å². The van der Waals surface area contributed by atoms with Gasteiger partial charge in [-0.25, -0.2) is 9.67 Å². The highest BCUT2D eigenvalue weighted by molar-refractivity contribution is 5.96. The molecule has 2 aromatic rings. The van der Waals surface area contributed by atoms with Gasteiger partial charge >= 0.3 is 0 Å². The molecule has 100 valence electrons. The van der Waals surface area contributed by atoms with Crippen molar-refractivity contribution in [2.24, 2.45) is 11.7 Å². The highest BCUT2D eigenvalue weighted by Crippen LogP contribution is 2.16. The Hall–Kier alpha value is -2.21. The predicted molar refractivity (Wildman–Crippen MR) is 72.8 cm³/mol. The molecule has 0 aromatic carbocycles. The van der Waals surface area contributed by atoms with E-state index in [0.717, 1.165) is 0 Å². The van der Waals surface area contributed by atoms with Gasteiger partial charge in [0.15, 0.2) is 5.82 Å². The first-order valence-corrected chi connectivity index (χ1v) is 6.11. The van der Waals surface area contributed by atoms with Crippen molar-refractivity contribution in [1.29, 1.82) is 0 Å². The number of aromatic nitrogens is 3. The minimum atomic E-state index is -0.550. The summed E-state index contributed by atoms with van der Waals surface area (Å²) in [6.07, 6.45) is 5.07. The predicted octanol–water partition coefficient (Wildman–Crippen LogP) is 1.19. The summed E-state index contributed by atoms with van der Waals surface area (Å²) in [6.45, 7) is 3.81. The lowest BCUT2D eigenvalue weighted by molar-refractivity contribution is -0.118. The van der Waals surface area contributed by atoms with Crippen molar-refractivity contribution in [3.63, 3.8) is 0 Å². The van der Waals surface area contributed by atoms with Crippen LogP contribution >= 0.6 is 0 Å². The lowest BCUT2D eigenvalue weighted by Gasteiger charge is -2.16. The van der Waals surface area contributed by atoms with Crippen molar-refractivity contribution in [3.8, 4) is 5.82 Å². The average molecular weight is 259 g/mol. The minimum Gasteiger partial charge on any atom is -0.322 e. The quantitative estimate of drug-likeness (QED) is 0.863. The first kappa shape index (κ1) is 13.2. The minimum absolute atomic E-state index is 0.0739. The maximum atomic E-state index is 12.0. The molecule has 2 aromatic heterocycles. The second-order valence-electron chi connectivity index (χ2n) is 4.58. The van der Waals surface area contributed by atoms with E-state index in [0.29, 0.717) is 11.5 Å². The van der Waals surface area contributed by atoms with Gasteiger partial charge in [-0.15, -0.1) is 0 Å². The third-order valence-electron chi connectivity index (χ3n) is 2.79. The van der Waals surface area contributed by atoms with E-state index >= 15 is 0 Å². The molecule has 0 spiro atoms. The van der Waals surface area contributed by atoms with E-state index in [1.165, 1.54) is 0 Å². The van der Waals surface area contributed by atoms with Gasteiger partial charge in [-0.1, -0.05) is 13.8 Å². The molecule has 0 saturated heterocycles. The normalized spacial score (nSPS) is 12.4. The maximum Gasteiger partial charge on any atom is 0.241 e. The Kier molecular flexibility index (Phi) is 3.91.